The van der Waals surface area contributed by atoms with Crippen LogP contribution in [-0.2, 0) is 6.54 Å². The van der Waals surface area contributed by atoms with E-state index in [4.69, 9.17) is 0 Å². The topological polar surface area (TPSA) is 45.5 Å². The lowest BCUT2D eigenvalue weighted by atomic mass is 9.74. The molecule has 1 aromatic heterocycles. The molecule has 0 saturated carbocycles. The largest absolute Gasteiger partial charge is 0.391 e. The molecular weight excluding hydrogens is 240 g/mol. The number of pyridine rings is 1. The standard InChI is InChI=1S/C15H20N2O2/c18-13-4-2-6-16-8-10-7-11(15(13)16)9-17-12(10)3-1-5-14(17)19/h1,3,5,10-11,13,15,18H,2,4,6-9H2/t10-,11+,13?,15+/m0/s1. The van der Waals surface area contributed by atoms with E-state index in [9.17, 15) is 9.90 Å². The van der Waals surface area contributed by atoms with Crippen LogP contribution < -0.4 is 5.56 Å². The summed E-state index contributed by atoms with van der Waals surface area (Å²) >= 11 is 0. The first-order chi connectivity index (χ1) is 9.24. The Bertz CT molecular complexity index is 553. The minimum atomic E-state index is -0.208. The van der Waals surface area contributed by atoms with Crippen molar-refractivity contribution in [2.24, 2.45) is 5.92 Å². The number of aliphatic hydroxyl groups is 1. The zero-order valence-electron chi connectivity index (χ0n) is 11.0. The SMILES string of the molecule is O=c1cccc2n1C[C@H]1C[C@H]2CN2CCCC(O)[C@@H]12. The van der Waals surface area contributed by atoms with E-state index in [1.807, 2.05) is 10.6 Å². The molecule has 4 atom stereocenters. The van der Waals surface area contributed by atoms with Crippen LogP contribution in [0.15, 0.2) is 23.0 Å². The summed E-state index contributed by atoms with van der Waals surface area (Å²) in [5.41, 5.74) is 1.31. The van der Waals surface area contributed by atoms with Crippen LogP contribution in [0, 0.1) is 5.92 Å². The quantitative estimate of drug-likeness (QED) is 0.750. The maximum absolute atomic E-state index is 12.0. The van der Waals surface area contributed by atoms with Gasteiger partial charge in [0.2, 0.25) is 0 Å². The maximum atomic E-state index is 12.0. The minimum absolute atomic E-state index is 0.117. The van der Waals surface area contributed by atoms with Crippen molar-refractivity contribution in [2.75, 3.05) is 13.1 Å². The number of nitrogens with zero attached hydrogens (tertiary/aromatic N) is 2. The first kappa shape index (κ1) is 11.7. The van der Waals surface area contributed by atoms with Gasteiger partial charge in [-0.05, 0) is 37.8 Å². The van der Waals surface area contributed by atoms with Crippen molar-refractivity contribution < 1.29 is 5.11 Å². The van der Waals surface area contributed by atoms with Crippen LogP contribution in [-0.4, -0.2) is 39.8 Å². The Kier molecular flexibility index (Phi) is 2.57. The maximum Gasteiger partial charge on any atom is 0.250 e. The molecule has 19 heavy (non-hydrogen) atoms. The molecule has 0 radical (unpaired) electrons. The molecule has 4 heterocycles. The lowest BCUT2D eigenvalue weighted by Crippen LogP contribution is -2.59. The van der Waals surface area contributed by atoms with Crippen LogP contribution in [0.4, 0.5) is 0 Å². The third kappa shape index (κ3) is 1.70. The van der Waals surface area contributed by atoms with E-state index < -0.39 is 0 Å². The monoisotopic (exact) mass is 260 g/mol. The molecule has 2 saturated heterocycles. The first-order valence-corrected chi connectivity index (χ1v) is 7.36. The van der Waals surface area contributed by atoms with Gasteiger partial charge in [-0.3, -0.25) is 9.69 Å². The summed E-state index contributed by atoms with van der Waals surface area (Å²) in [6.07, 6.45) is 2.93. The number of hydrogen-bond donors (Lipinski definition) is 1. The summed E-state index contributed by atoms with van der Waals surface area (Å²) in [6, 6.07) is 5.90. The Labute approximate surface area is 112 Å². The van der Waals surface area contributed by atoms with Crippen LogP contribution in [0.5, 0.6) is 0 Å². The molecule has 4 rings (SSSR count). The van der Waals surface area contributed by atoms with Crippen molar-refractivity contribution in [2.45, 2.75) is 43.9 Å². The first-order valence-electron chi connectivity index (χ1n) is 7.36. The summed E-state index contributed by atoms with van der Waals surface area (Å²) in [5.74, 6) is 0.899. The molecule has 0 spiro atoms. The van der Waals surface area contributed by atoms with Gasteiger partial charge in [0.15, 0.2) is 0 Å². The second-order valence-electron chi connectivity index (χ2n) is 6.29. The summed E-state index contributed by atoms with van der Waals surface area (Å²) in [5, 5.41) is 10.3. The number of rotatable bonds is 0. The Morgan fingerprint density at radius 3 is 3.05 bits per heavy atom. The lowest BCUT2D eigenvalue weighted by Gasteiger charge is -2.52. The Morgan fingerprint density at radius 2 is 2.16 bits per heavy atom. The molecule has 1 aromatic rings. The van der Waals surface area contributed by atoms with Crippen molar-refractivity contribution in [3.05, 3.63) is 34.2 Å². The molecule has 102 valence electrons. The molecule has 2 bridgehead atoms. The van der Waals surface area contributed by atoms with Gasteiger partial charge >= 0.3 is 0 Å². The van der Waals surface area contributed by atoms with E-state index in [1.54, 1.807) is 6.07 Å². The molecule has 3 aliphatic heterocycles. The molecule has 4 nitrogen and oxygen atoms in total. The average Bonchev–Trinajstić information content (AvgIpc) is 2.40. The van der Waals surface area contributed by atoms with Gasteiger partial charge in [-0.2, -0.15) is 0 Å². The average molecular weight is 260 g/mol. The minimum Gasteiger partial charge on any atom is -0.391 e. The molecule has 1 unspecified atom stereocenters. The van der Waals surface area contributed by atoms with Crippen molar-refractivity contribution in [3.8, 4) is 0 Å². The molecule has 4 heteroatoms. The normalized spacial score (nSPS) is 37.5. The van der Waals surface area contributed by atoms with E-state index in [0.29, 0.717) is 11.8 Å². The van der Waals surface area contributed by atoms with Crippen molar-refractivity contribution in [1.29, 1.82) is 0 Å². The second kappa shape index (κ2) is 4.18. The van der Waals surface area contributed by atoms with Gasteiger partial charge in [0.1, 0.15) is 0 Å². The fourth-order valence-electron chi connectivity index (χ4n) is 4.47. The zero-order chi connectivity index (χ0) is 13.0. The van der Waals surface area contributed by atoms with Gasteiger partial charge in [0.25, 0.3) is 5.56 Å². The van der Waals surface area contributed by atoms with Gasteiger partial charge in [-0.25, -0.2) is 0 Å². The van der Waals surface area contributed by atoms with Crippen LogP contribution in [0.2, 0.25) is 0 Å². The highest BCUT2D eigenvalue weighted by atomic mass is 16.3. The summed E-state index contributed by atoms with van der Waals surface area (Å²) in [7, 11) is 0. The molecule has 0 aliphatic carbocycles. The molecule has 0 aromatic carbocycles. The number of fused-ring (bicyclic) bond motifs is 6. The van der Waals surface area contributed by atoms with Gasteiger partial charge in [-0.15, -0.1) is 0 Å². The highest BCUT2D eigenvalue weighted by Gasteiger charge is 2.45. The number of aromatic nitrogens is 1. The fourth-order valence-corrected chi connectivity index (χ4v) is 4.47. The molecular formula is C15H20N2O2. The number of piperidine rings is 2. The van der Waals surface area contributed by atoms with E-state index in [2.05, 4.69) is 11.0 Å². The third-order valence-electron chi connectivity index (χ3n) is 5.21. The highest BCUT2D eigenvalue weighted by Crippen LogP contribution is 2.41. The van der Waals surface area contributed by atoms with Crippen LogP contribution in [0.1, 0.15) is 30.9 Å². The van der Waals surface area contributed by atoms with Gasteiger partial charge < -0.3 is 9.67 Å². The molecule has 0 amide bonds. The van der Waals surface area contributed by atoms with Gasteiger partial charge in [0.05, 0.1) is 6.10 Å². The Balaban J connectivity index is 1.76. The summed E-state index contributed by atoms with van der Waals surface area (Å²) < 4.78 is 1.94. The van der Waals surface area contributed by atoms with Crippen LogP contribution in [0.3, 0.4) is 0 Å². The predicted octanol–water partition coefficient (Wildman–Crippen LogP) is 0.791. The molecule has 1 N–H and O–H groups in total. The highest BCUT2D eigenvalue weighted by molar-refractivity contribution is 5.18. The number of aliphatic hydroxyl groups excluding tert-OH is 1. The lowest BCUT2D eigenvalue weighted by molar-refractivity contribution is -0.0573. The van der Waals surface area contributed by atoms with Gasteiger partial charge in [-0.1, -0.05) is 6.07 Å². The molecule has 3 aliphatic rings. The van der Waals surface area contributed by atoms with Crippen molar-refractivity contribution >= 4 is 0 Å². The zero-order valence-corrected chi connectivity index (χ0v) is 11.0. The molecule has 2 fully saturated rings. The van der Waals surface area contributed by atoms with Crippen molar-refractivity contribution in [1.82, 2.24) is 9.47 Å². The summed E-state index contributed by atoms with van der Waals surface area (Å²) in [6.45, 7) is 2.89. The Morgan fingerprint density at radius 1 is 1.26 bits per heavy atom. The Hall–Kier alpha value is -1.13. The third-order valence-corrected chi connectivity index (χ3v) is 5.21. The van der Waals surface area contributed by atoms with E-state index in [-0.39, 0.29) is 17.7 Å². The van der Waals surface area contributed by atoms with Crippen LogP contribution >= 0.6 is 0 Å². The van der Waals surface area contributed by atoms with E-state index in [0.717, 1.165) is 38.9 Å². The van der Waals surface area contributed by atoms with Gasteiger partial charge in [0, 0.05) is 36.8 Å². The number of hydrogen-bond acceptors (Lipinski definition) is 3. The van der Waals surface area contributed by atoms with Crippen molar-refractivity contribution in [3.63, 3.8) is 0 Å². The fraction of sp³-hybridized carbons (Fsp3) is 0.667. The second-order valence-corrected chi connectivity index (χ2v) is 6.29. The predicted molar refractivity (Wildman–Crippen MR) is 72.2 cm³/mol. The summed E-state index contributed by atoms with van der Waals surface area (Å²) in [4.78, 5) is 14.5. The smallest absolute Gasteiger partial charge is 0.250 e. The van der Waals surface area contributed by atoms with Crippen LogP contribution in [0.25, 0.3) is 0 Å². The van der Waals surface area contributed by atoms with E-state index >= 15 is 0 Å². The van der Waals surface area contributed by atoms with E-state index in [1.165, 1.54) is 5.69 Å².